The van der Waals surface area contributed by atoms with Crippen molar-refractivity contribution in [2.45, 2.75) is 102 Å². The molecular weight excluding hydrogens is 460 g/mol. The average Bonchev–Trinajstić information content (AvgIpc) is 3.18. The van der Waals surface area contributed by atoms with Gasteiger partial charge in [-0.15, -0.1) is 0 Å². The Morgan fingerprint density at radius 2 is 1.57 bits per heavy atom. The lowest BCUT2D eigenvalue weighted by atomic mass is 9.52. The molecular formula is C33H46O4. The summed E-state index contributed by atoms with van der Waals surface area (Å²) < 4.78 is 18.5. The van der Waals surface area contributed by atoms with E-state index in [0.29, 0.717) is 23.7 Å². The van der Waals surface area contributed by atoms with Crippen molar-refractivity contribution in [3.05, 3.63) is 46.5 Å². The normalized spacial score (nSPS) is 41.5. The summed E-state index contributed by atoms with van der Waals surface area (Å²) in [5.41, 5.74) is 6.63. The van der Waals surface area contributed by atoms with Crippen LogP contribution in [-0.2, 0) is 19.6 Å². The number of fused-ring (bicyclic) bond motifs is 4. The first kappa shape index (κ1) is 24.8. The Kier molecular flexibility index (Phi) is 5.63. The van der Waals surface area contributed by atoms with Crippen LogP contribution in [0.2, 0.25) is 0 Å². The fourth-order valence-electron chi connectivity index (χ4n) is 9.19. The van der Waals surface area contributed by atoms with E-state index in [9.17, 15) is 5.11 Å². The molecule has 2 aliphatic heterocycles. The van der Waals surface area contributed by atoms with Gasteiger partial charge in [0, 0.05) is 29.6 Å². The van der Waals surface area contributed by atoms with E-state index < -0.39 is 0 Å². The van der Waals surface area contributed by atoms with E-state index >= 15 is 0 Å². The molecule has 1 spiro atoms. The number of allylic oxidation sites excluding steroid dienone is 2. The van der Waals surface area contributed by atoms with Gasteiger partial charge >= 0.3 is 0 Å². The molecule has 6 aliphatic rings. The Labute approximate surface area is 223 Å². The highest BCUT2D eigenvalue weighted by molar-refractivity contribution is 5.42. The van der Waals surface area contributed by atoms with Crippen LogP contribution >= 0.6 is 0 Å². The standard InChI is InChI=1S/C33H46O4/c1-30(2)17-36-33(37-18-30)14-13-24-22(15-33)7-10-25-27-11-12-28(34)32(27,4)16-26(29(24)25)21-5-8-23(9-6-21)31(3)19-35-20-31/h5-6,8-9,22,25-28,34H,7,10-20H2,1-4H3. The Morgan fingerprint density at radius 3 is 2.24 bits per heavy atom. The quantitative estimate of drug-likeness (QED) is 0.464. The van der Waals surface area contributed by atoms with E-state index in [1.807, 2.05) is 0 Å². The molecule has 0 amide bonds. The SMILES string of the molecule is CC1(C)COC2(CCC3=C4C(c5ccc(C6(C)COC6)cc5)CC5(C)C(O)CCC5C4CCC3C2)OC1. The average molecular weight is 507 g/mol. The Morgan fingerprint density at radius 1 is 0.838 bits per heavy atom. The number of hydrogen-bond acceptors (Lipinski definition) is 4. The predicted molar refractivity (Wildman–Crippen MR) is 144 cm³/mol. The lowest BCUT2D eigenvalue weighted by molar-refractivity contribution is -0.312. The lowest BCUT2D eigenvalue weighted by Gasteiger charge is -2.55. The molecule has 4 aliphatic carbocycles. The molecule has 0 bridgehead atoms. The monoisotopic (exact) mass is 506 g/mol. The summed E-state index contributed by atoms with van der Waals surface area (Å²) in [6, 6.07) is 9.53. The van der Waals surface area contributed by atoms with Crippen molar-refractivity contribution in [3.63, 3.8) is 0 Å². The summed E-state index contributed by atoms with van der Waals surface area (Å²) in [7, 11) is 0. The first-order valence-corrected chi connectivity index (χ1v) is 15.0. The molecule has 6 atom stereocenters. The van der Waals surface area contributed by atoms with Crippen molar-refractivity contribution in [1.29, 1.82) is 0 Å². The highest BCUT2D eigenvalue weighted by atomic mass is 16.7. The number of aliphatic hydroxyl groups excluding tert-OH is 1. The van der Waals surface area contributed by atoms with Crippen molar-refractivity contribution in [2.24, 2.45) is 28.6 Å². The Bertz CT molecular complexity index is 1070. The molecule has 0 radical (unpaired) electrons. The highest BCUT2D eigenvalue weighted by Gasteiger charge is 2.58. The second kappa shape index (κ2) is 8.40. The van der Waals surface area contributed by atoms with Crippen molar-refractivity contribution < 1.29 is 19.3 Å². The van der Waals surface area contributed by atoms with Gasteiger partial charge in [0.15, 0.2) is 5.79 Å². The van der Waals surface area contributed by atoms with Gasteiger partial charge in [-0.1, -0.05) is 63.1 Å². The largest absolute Gasteiger partial charge is 0.393 e. The van der Waals surface area contributed by atoms with Gasteiger partial charge in [0.25, 0.3) is 0 Å². The topological polar surface area (TPSA) is 47.9 Å². The minimum absolute atomic E-state index is 0.0236. The second-order valence-electron chi connectivity index (χ2n) is 14.9. The van der Waals surface area contributed by atoms with Crippen LogP contribution < -0.4 is 0 Å². The molecule has 37 heavy (non-hydrogen) atoms. The Hall–Kier alpha value is -1.20. The van der Waals surface area contributed by atoms with Gasteiger partial charge < -0.3 is 19.3 Å². The maximum absolute atomic E-state index is 11.2. The van der Waals surface area contributed by atoms with Crippen LogP contribution in [0.25, 0.3) is 0 Å². The van der Waals surface area contributed by atoms with Crippen molar-refractivity contribution in [2.75, 3.05) is 26.4 Å². The maximum Gasteiger partial charge on any atom is 0.169 e. The van der Waals surface area contributed by atoms with Gasteiger partial charge in [0.05, 0.1) is 32.5 Å². The third kappa shape index (κ3) is 3.84. The van der Waals surface area contributed by atoms with Crippen LogP contribution in [0.1, 0.15) is 96.1 Å². The summed E-state index contributed by atoms with van der Waals surface area (Å²) >= 11 is 0. The van der Waals surface area contributed by atoms with E-state index in [2.05, 4.69) is 52.0 Å². The summed E-state index contributed by atoms with van der Waals surface area (Å²) in [6.07, 6.45) is 8.66. The molecule has 1 aromatic carbocycles. The molecule has 4 nitrogen and oxygen atoms in total. The number of ether oxygens (including phenoxy) is 3. The van der Waals surface area contributed by atoms with Crippen LogP contribution in [0.5, 0.6) is 0 Å². The van der Waals surface area contributed by atoms with Crippen molar-refractivity contribution in [1.82, 2.24) is 0 Å². The first-order chi connectivity index (χ1) is 17.6. The van der Waals surface area contributed by atoms with Gasteiger partial charge in [-0.2, -0.15) is 0 Å². The molecule has 5 fully saturated rings. The summed E-state index contributed by atoms with van der Waals surface area (Å²) in [4.78, 5) is 0. The third-order valence-electron chi connectivity index (χ3n) is 11.6. The molecule has 1 aromatic rings. The first-order valence-electron chi connectivity index (χ1n) is 15.0. The molecule has 3 saturated carbocycles. The van der Waals surface area contributed by atoms with Crippen LogP contribution in [0.15, 0.2) is 35.4 Å². The predicted octanol–water partition coefficient (Wildman–Crippen LogP) is 6.52. The number of hydrogen-bond donors (Lipinski definition) is 1. The van der Waals surface area contributed by atoms with E-state index in [0.717, 1.165) is 58.5 Å². The highest BCUT2D eigenvalue weighted by Crippen LogP contribution is 2.65. The van der Waals surface area contributed by atoms with Crippen LogP contribution in [0.4, 0.5) is 0 Å². The van der Waals surface area contributed by atoms with Gasteiger partial charge in [0.2, 0.25) is 0 Å². The second-order valence-corrected chi connectivity index (χ2v) is 14.9. The van der Waals surface area contributed by atoms with Crippen LogP contribution in [-0.4, -0.2) is 43.4 Å². The number of benzene rings is 1. The summed E-state index contributed by atoms with van der Waals surface area (Å²) in [5, 5.41) is 11.2. The molecule has 4 heteroatoms. The van der Waals surface area contributed by atoms with E-state index in [1.165, 1.54) is 30.4 Å². The van der Waals surface area contributed by atoms with E-state index in [4.69, 9.17) is 14.2 Å². The summed E-state index contributed by atoms with van der Waals surface area (Å²) in [5.74, 6) is 1.85. The molecule has 1 N–H and O–H groups in total. The smallest absolute Gasteiger partial charge is 0.169 e. The molecule has 7 rings (SSSR count). The lowest BCUT2D eigenvalue weighted by Crippen LogP contribution is -2.52. The fourth-order valence-corrected chi connectivity index (χ4v) is 9.19. The van der Waals surface area contributed by atoms with E-state index in [1.54, 1.807) is 11.1 Å². The molecule has 2 heterocycles. The van der Waals surface area contributed by atoms with Crippen molar-refractivity contribution in [3.8, 4) is 0 Å². The van der Waals surface area contributed by atoms with Crippen LogP contribution in [0.3, 0.4) is 0 Å². The minimum atomic E-state index is -0.374. The van der Waals surface area contributed by atoms with Crippen LogP contribution in [0, 0.1) is 28.6 Å². The Balaban J connectivity index is 1.24. The number of rotatable bonds is 2. The van der Waals surface area contributed by atoms with E-state index in [-0.39, 0.29) is 28.1 Å². The summed E-state index contributed by atoms with van der Waals surface area (Å²) in [6.45, 7) is 12.4. The number of aliphatic hydroxyl groups is 1. The third-order valence-corrected chi connectivity index (χ3v) is 11.6. The van der Waals surface area contributed by atoms with Gasteiger partial charge in [-0.25, -0.2) is 0 Å². The zero-order chi connectivity index (χ0) is 25.6. The fraction of sp³-hybridized carbons (Fsp3) is 0.758. The molecule has 2 saturated heterocycles. The minimum Gasteiger partial charge on any atom is -0.393 e. The van der Waals surface area contributed by atoms with Gasteiger partial charge in [0.1, 0.15) is 0 Å². The van der Waals surface area contributed by atoms with Crippen molar-refractivity contribution >= 4 is 0 Å². The zero-order valence-electron chi connectivity index (χ0n) is 23.4. The van der Waals surface area contributed by atoms with Gasteiger partial charge in [-0.3, -0.25) is 0 Å². The maximum atomic E-state index is 11.2. The molecule has 202 valence electrons. The zero-order valence-corrected chi connectivity index (χ0v) is 23.4. The molecule has 0 aromatic heterocycles. The van der Waals surface area contributed by atoms with Gasteiger partial charge in [-0.05, 0) is 72.8 Å². The molecule has 6 unspecified atom stereocenters.